The smallest absolute Gasteiger partial charge is 0.244 e. The Bertz CT molecular complexity index is 1410. The van der Waals surface area contributed by atoms with Crippen LogP contribution in [0.4, 0.5) is 29.2 Å². The van der Waals surface area contributed by atoms with E-state index in [1.807, 2.05) is 0 Å². The largest absolute Gasteiger partial charge is 0.273 e. The number of benzene rings is 3. The zero-order valence-corrected chi connectivity index (χ0v) is 17.9. The van der Waals surface area contributed by atoms with E-state index in [1.165, 1.54) is 35.5 Å². The Morgan fingerprint density at radius 3 is 2.15 bits per heavy atom. The predicted octanol–water partition coefficient (Wildman–Crippen LogP) is 5.88. The first kappa shape index (κ1) is 21.8. The molecule has 3 aromatic carbocycles. The molecule has 0 fully saturated rings. The molecule has 2 heterocycles. The van der Waals surface area contributed by atoms with Crippen LogP contribution in [0.15, 0.2) is 73.1 Å². The van der Waals surface area contributed by atoms with Crippen LogP contribution in [0, 0.1) is 23.3 Å². The number of amides is 1. The van der Waals surface area contributed by atoms with Gasteiger partial charge in [0.1, 0.15) is 11.6 Å². The maximum Gasteiger partial charge on any atom is 0.244 e. The van der Waals surface area contributed by atoms with E-state index >= 15 is 0 Å². The lowest BCUT2D eigenvalue weighted by atomic mass is 9.77. The molecule has 0 bridgehead atoms. The monoisotopic (exact) mass is 463 g/mol. The van der Waals surface area contributed by atoms with Gasteiger partial charge in [0, 0.05) is 18.5 Å². The summed E-state index contributed by atoms with van der Waals surface area (Å²) in [6, 6.07) is 13.4. The van der Waals surface area contributed by atoms with Gasteiger partial charge in [-0.2, -0.15) is 0 Å². The third-order valence-corrected chi connectivity index (χ3v) is 5.99. The fourth-order valence-electron chi connectivity index (χ4n) is 4.40. The van der Waals surface area contributed by atoms with Crippen LogP contribution in [-0.2, 0) is 16.6 Å². The molecule has 1 amide bonds. The molecule has 0 spiro atoms. The quantitative estimate of drug-likeness (QED) is 0.355. The molecule has 8 heteroatoms. The molecule has 4 aromatic rings. The molecular weight excluding hydrogens is 446 g/mol. The Morgan fingerprint density at radius 2 is 1.47 bits per heavy atom. The molecule has 1 aromatic heterocycles. The summed E-state index contributed by atoms with van der Waals surface area (Å²) in [7, 11) is 0. The number of hydrogen-bond donors (Lipinski definition) is 0. The minimum absolute atomic E-state index is 0.00191. The van der Waals surface area contributed by atoms with Gasteiger partial charge in [-0.1, -0.05) is 12.1 Å². The van der Waals surface area contributed by atoms with Gasteiger partial charge in [-0.15, -0.1) is 0 Å². The highest BCUT2D eigenvalue weighted by Crippen LogP contribution is 2.47. The summed E-state index contributed by atoms with van der Waals surface area (Å²) in [6.07, 6.45) is 3.00. The van der Waals surface area contributed by atoms with E-state index in [4.69, 9.17) is 0 Å². The van der Waals surface area contributed by atoms with Gasteiger partial charge in [-0.25, -0.2) is 32.4 Å². The van der Waals surface area contributed by atoms with Crippen molar-refractivity contribution in [2.24, 2.45) is 0 Å². The second-order valence-electron chi connectivity index (χ2n) is 8.34. The highest BCUT2D eigenvalue weighted by molar-refractivity contribution is 6.12. The molecule has 4 nitrogen and oxygen atoms in total. The molecule has 0 N–H and O–H groups in total. The number of carbonyl (C=O) groups is 1. The SMILES string of the molecule is CC1(Cc2cc(F)cc(F)c2)C(=O)N(c2ncccn2)c2ccc(-c3ccc(F)c(F)c3)cc21. The van der Waals surface area contributed by atoms with Gasteiger partial charge in [0.05, 0.1) is 11.1 Å². The molecule has 0 radical (unpaired) electrons. The zero-order valence-electron chi connectivity index (χ0n) is 17.9. The summed E-state index contributed by atoms with van der Waals surface area (Å²) in [5, 5.41) is 0. The van der Waals surface area contributed by atoms with Gasteiger partial charge in [0.15, 0.2) is 11.6 Å². The third-order valence-electron chi connectivity index (χ3n) is 5.99. The normalized spacial score (nSPS) is 17.2. The van der Waals surface area contributed by atoms with Crippen LogP contribution in [0.3, 0.4) is 0 Å². The fraction of sp³-hybridized carbons (Fsp3) is 0.115. The highest BCUT2D eigenvalue weighted by Gasteiger charge is 2.49. The van der Waals surface area contributed by atoms with E-state index < -0.39 is 28.7 Å². The minimum atomic E-state index is -1.23. The average molecular weight is 463 g/mol. The van der Waals surface area contributed by atoms with Crippen molar-refractivity contribution in [2.75, 3.05) is 4.90 Å². The molecule has 1 atom stereocenters. The first-order valence-corrected chi connectivity index (χ1v) is 10.4. The van der Waals surface area contributed by atoms with Crippen molar-refractivity contribution >= 4 is 17.5 Å². The summed E-state index contributed by atoms with van der Waals surface area (Å²) in [5.41, 5.74) is 1.09. The van der Waals surface area contributed by atoms with Gasteiger partial charge >= 0.3 is 0 Å². The molecule has 0 aliphatic carbocycles. The van der Waals surface area contributed by atoms with E-state index in [2.05, 4.69) is 9.97 Å². The van der Waals surface area contributed by atoms with Crippen LogP contribution in [0.1, 0.15) is 18.1 Å². The van der Waals surface area contributed by atoms with Gasteiger partial charge in [0.25, 0.3) is 0 Å². The number of carbonyl (C=O) groups excluding carboxylic acids is 1. The van der Waals surface area contributed by atoms with E-state index in [-0.39, 0.29) is 18.3 Å². The first-order valence-electron chi connectivity index (χ1n) is 10.4. The highest BCUT2D eigenvalue weighted by atomic mass is 19.2. The Labute approximate surface area is 192 Å². The van der Waals surface area contributed by atoms with Gasteiger partial charge in [-0.05, 0) is 78.1 Å². The molecule has 1 unspecified atom stereocenters. The van der Waals surface area contributed by atoms with Crippen molar-refractivity contribution in [1.29, 1.82) is 0 Å². The van der Waals surface area contributed by atoms with Crippen molar-refractivity contribution in [3.05, 3.63) is 107 Å². The number of nitrogens with zero attached hydrogens (tertiary/aromatic N) is 3. The number of rotatable bonds is 4. The molecule has 0 saturated heterocycles. The number of aromatic nitrogens is 2. The fourth-order valence-corrected chi connectivity index (χ4v) is 4.40. The Hall–Kier alpha value is -4.07. The molecule has 5 rings (SSSR count). The van der Waals surface area contributed by atoms with Crippen molar-refractivity contribution in [3.8, 4) is 11.1 Å². The van der Waals surface area contributed by atoms with Crippen LogP contribution in [0.2, 0.25) is 0 Å². The van der Waals surface area contributed by atoms with Crippen molar-refractivity contribution in [3.63, 3.8) is 0 Å². The Morgan fingerprint density at radius 1 is 0.824 bits per heavy atom. The topological polar surface area (TPSA) is 46.1 Å². The Balaban J connectivity index is 1.68. The van der Waals surface area contributed by atoms with E-state index in [1.54, 1.807) is 31.2 Å². The molecular formula is C26H17F4N3O. The maximum atomic E-state index is 13.9. The molecule has 170 valence electrons. The van der Waals surface area contributed by atoms with Crippen LogP contribution in [-0.4, -0.2) is 15.9 Å². The van der Waals surface area contributed by atoms with Gasteiger partial charge in [0.2, 0.25) is 11.9 Å². The molecule has 1 aliphatic heterocycles. The van der Waals surface area contributed by atoms with E-state index in [0.717, 1.165) is 18.2 Å². The van der Waals surface area contributed by atoms with Crippen LogP contribution in [0.25, 0.3) is 11.1 Å². The standard InChI is InChI=1S/C26H17F4N3O/c1-26(14-15-9-18(27)13-19(28)10-15)20-11-16(17-3-5-21(29)22(30)12-17)4-6-23(20)33(24(26)34)25-31-7-2-8-32-25/h2-13H,14H2,1H3. The summed E-state index contributed by atoms with van der Waals surface area (Å²) in [5.74, 6) is -3.67. The van der Waals surface area contributed by atoms with Gasteiger partial charge in [-0.3, -0.25) is 4.79 Å². The lowest BCUT2D eigenvalue weighted by molar-refractivity contribution is -0.122. The first-order chi connectivity index (χ1) is 16.3. The lowest BCUT2D eigenvalue weighted by Gasteiger charge is -2.24. The minimum Gasteiger partial charge on any atom is -0.273 e. The molecule has 1 aliphatic rings. The maximum absolute atomic E-state index is 13.9. The molecule has 34 heavy (non-hydrogen) atoms. The Kier molecular flexibility index (Phi) is 5.16. The van der Waals surface area contributed by atoms with Crippen molar-refractivity contribution in [1.82, 2.24) is 9.97 Å². The van der Waals surface area contributed by atoms with Gasteiger partial charge < -0.3 is 0 Å². The van der Waals surface area contributed by atoms with Crippen molar-refractivity contribution < 1.29 is 22.4 Å². The lowest BCUT2D eigenvalue weighted by Crippen LogP contribution is -2.38. The molecule has 0 saturated carbocycles. The second-order valence-corrected chi connectivity index (χ2v) is 8.34. The summed E-state index contributed by atoms with van der Waals surface area (Å²) in [4.78, 5) is 23.5. The zero-order chi connectivity index (χ0) is 24.0. The van der Waals surface area contributed by atoms with Crippen LogP contribution >= 0.6 is 0 Å². The van der Waals surface area contributed by atoms with Crippen molar-refractivity contribution in [2.45, 2.75) is 18.8 Å². The average Bonchev–Trinajstić information content (AvgIpc) is 3.01. The van der Waals surface area contributed by atoms with Crippen LogP contribution in [0.5, 0.6) is 0 Å². The number of fused-ring (bicyclic) bond motifs is 1. The number of hydrogen-bond acceptors (Lipinski definition) is 3. The van der Waals surface area contributed by atoms with E-state index in [9.17, 15) is 22.4 Å². The summed E-state index contributed by atoms with van der Waals surface area (Å²) < 4.78 is 55.1. The summed E-state index contributed by atoms with van der Waals surface area (Å²) in [6.45, 7) is 1.68. The predicted molar refractivity (Wildman–Crippen MR) is 118 cm³/mol. The number of anilines is 2. The van der Waals surface area contributed by atoms with Crippen LogP contribution < -0.4 is 4.90 Å². The third kappa shape index (κ3) is 3.61. The number of halogens is 4. The summed E-state index contributed by atoms with van der Waals surface area (Å²) >= 11 is 0. The second kappa shape index (κ2) is 8.06. The van der Waals surface area contributed by atoms with E-state index in [0.29, 0.717) is 27.9 Å².